The molecule has 1 N–H and O–H groups in total. The molecule has 0 unspecified atom stereocenters. The van der Waals surface area contributed by atoms with Gasteiger partial charge in [0.15, 0.2) is 11.5 Å². The highest BCUT2D eigenvalue weighted by Crippen LogP contribution is 2.40. The largest absolute Gasteiger partial charge is 0.497 e. The summed E-state index contributed by atoms with van der Waals surface area (Å²) >= 11 is 0. The molecule has 0 bridgehead atoms. The molecule has 1 aliphatic rings. The Hall–Kier alpha value is -3.19. The Bertz CT molecular complexity index is 923. The summed E-state index contributed by atoms with van der Waals surface area (Å²) in [5, 5.41) is 1.68. The van der Waals surface area contributed by atoms with Crippen LogP contribution in [0.25, 0.3) is 5.70 Å². The molecule has 166 valence electrons. The number of nitrogens with zero attached hydrogens (tertiary/aromatic N) is 2. The number of hydrazine groups is 1. The summed E-state index contributed by atoms with van der Waals surface area (Å²) in [7, 11) is 4.86. The highest BCUT2D eigenvalue weighted by Gasteiger charge is 2.33. The van der Waals surface area contributed by atoms with E-state index in [-0.39, 0.29) is 11.9 Å². The molecule has 1 atom stereocenters. The van der Waals surface area contributed by atoms with Gasteiger partial charge in [0, 0.05) is 5.56 Å². The molecule has 1 amide bonds. The van der Waals surface area contributed by atoms with Crippen molar-refractivity contribution >= 4 is 11.6 Å². The average molecular weight is 426 g/mol. The van der Waals surface area contributed by atoms with Gasteiger partial charge in [-0.25, -0.2) is 5.01 Å². The topological polar surface area (TPSA) is 63.3 Å². The fraction of sp³-hybridized carbons (Fsp3) is 0.375. The molecule has 0 spiro atoms. The lowest BCUT2D eigenvalue weighted by Crippen LogP contribution is -2.45. The van der Waals surface area contributed by atoms with Crippen LogP contribution in [0.1, 0.15) is 31.0 Å². The van der Waals surface area contributed by atoms with Crippen LogP contribution in [0.3, 0.4) is 0 Å². The zero-order valence-electron chi connectivity index (χ0n) is 18.8. The van der Waals surface area contributed by atoms with Crippen LogP contribution in [0.4, 0.5) is 0 Å². The fourth-order valence-electron chi connectivity index (χ4n) is 3.71. The number of ether oxygens (including phenoxy) is 3. The summed E-state index contributed by atoms with van der Waals surface area (Å²) in [6.07, 6.45) is 2.04. The normalized spacial score (nSPS) is 15.5. The predicted molar refractivity (Wildman–Crippen MR) is 121 cm³/mol. The van der Waals surface area contributed by atoms with Gasteiger partial charge in [-0.15, -0.1) is 0 Å². The number of likely N-dealkylation sites (N-methyl/N-ethyl adjacent to an activating group) is 1. The van der Waals surface area contributed by atoms with Crippen LogP contribution >= 0.6 is 0 Å². The minimum Gasteiger partial charge on any atom is -0.497 e. The Kier molecular flexibility index (Phi) is 7.41. The monoisotopic (exact) mass is 425 g/mol. The van der Waals surface area contributed by atoms with Gasteiger partial charge in [0.2, 0.25) is 0 Å². The average Bonchev–Trinajstić information content (AvgIpc) is 3.27. The van der Waals surface area contributed by atoms with Gasteiger partial charge in [0.05, 0.1) is 33.6 Å². The van der Waals surface area contributed by atoms with E-state index >= 15 is 0 Å². The van der Waals surface area contributed by atoms with Gasteiger partial charge in [-0.05, 0) is 55.1 Å². The maximum Gasteiger partial charge on any atom is 0.255 e. The highest BCUT2D eigenvalue weighted by molar-refractivity contribution is 5.83. The van der Waals surface area contributed by atoms with E-state index in [4.69, 9.17) is 14.2 Å². The Labute approximate surface area is 184 Å². The number of carbonyl (C=O) groups is 1. The minimum absolute atomic E-state index is 0.0154. The molecule has 2 aromatic rings. The molecular weight excluding hydrogens is 394 g/mol. The smallest absolute Gasteiger partial charge is 0.255 e. The molecule has 2 aromatic carbocycles. The third kappa shape index (κ3) is 4.77. The summed E-state index contributed by atoms with van der Waals surface area (Å²) in [6.45, 7) is 6.05. The van der Waals surface area contributed by atoms with Crippen molar-refractivity contribution in [3.8, 4) is 17.2 Å². The van der Waals surface area contributed by atoms with E-state index in [2.05, 4.69) is 24.2 Å². The summed E-state index contributed by atoms with van der Waals surface area (Å²) in [5.74, 6) is 2.01. The third-order valence-corrected chi connectivity index (χ3v) is 5.52. The van der Waals surface area contributed by atoms with E-state index in [1.54, 1.807) is 26.3 Å². The lowest BCUT2D eigenvalue weighted by Gasteiger charge is -2.29. The second-order valence-corrected chi connectivity index (χ2v) is 7.17. The summed E-state index contributed by atoms with van der Waals surface area (Å²) < 4.78 is 16.4. The van der Waals surface area contributed by atoms with Crippen LogP contribution in [-0.2, 0) is 4.79 Å². The number of methoxy groups -OCH3 is 3. The standard InChI is InChI=1S/C24H31N3O4/c1-6-26(7-2)16-23(28)27-21(19-9-8-10-22(30-4)24(19)31-5)15-20(25-27)17-11-13-18(29-3)14-12-17/h8-15,21,25H,6-7,16H2,1-5H3/t21-/m0/s1. The molecule has 0 saturated carbocycles. The van der Waals surface area contributed by atoms with E-state index < -0.39 is 0 Å². The number of para-hydroxylation sites is 1. The first-order chi connectivity index (χ1) is 15.1. The number of carbonyl (C=O) groups excluding carboxylic acids is 1. The van der Waals surface area contributed by atoms with Crippen LogP contribution in [0.2, 0.25) is 0 Å². The highest BCUT2D eigenvalue weighted by atomic mass is 16.5. The number of hydrogen-bond acceptors (Lipinski definition) is 6. The van der Waals surface area contributed by atoms with Crippen LogP contribution < -0.4 is 19.6 Å². The Morgan fingerprint density at radius 3 is 2.29 bits per heavy atom. The van der Waals surface area contributed by atoms with Crippen molar-refractivity contribution < 1.29 is 19.0 Å². The quantitative estimate of drug-likeness (QED) is 0.664. The molecule has 7 heteroatoms. The molecule has 0 aliphatic carbocycles. The van der Waals surface area contributed by atoms with Crippen molar-refractivity contribution in [2.45, 2.75) is 19.9 Å². The zero-order chi connectivity index (χ0) is 22.4. The summed E-state index contributed by atoms with van der Waals surface area (Å²) in [6, 6.07) is 13.1. The molecule has 0 radical (unpaired) electrons. The van der Waals surface area contributed by atoms with E-state index in [9.17, 15) is 4.79 Å². The first-order valence-electron chi connectivity index (χ1n) is 10.4. The van der Waals surface area contributed by atoms with Gasteiger partial charge in [0.1, 0.15) is 11.8 Å². The van der Waals surface area contributed by atoms with Crippen molar-refractivity contribution in [2.75, 3.05) is 41.0 Å². The first kappa shape index (κ1) is 22.5. The van der Waals surface area contributed by atoms with Crippen molar-refractivity contribution in [1.82, 2.24) is 15.3 Å². The summed E-state index contributed by atoms with van der Waals surface area (Å²) in [4.78, 5) is 15.4. The molecule has 0 saturated heterocycles. The SMILES string of the molecule is CCN(CC)CC(=O)N1NC(c2ccc(OC)cc2)=C[C@H]1c1cccc(OC)c1OC. The predicted octanol–water partition coefficient (Wildman–Crippen LogP) is 3.48. The number of nitrogens with one attached hydrogen (secondary N) is 1. The van der Waals surface area contributed by atoms with Crippen molar-refractivity contribution in [3.63, 3.8) is 0 Å². The second-order valence-electron chi connectivity index (χ2n) is 7.17. The Morgan fingerprint density at radius 1 is 1.00 bits per heavy atom. The van der Waals surface area contributed by atoms with Gasteiger partial charge >= 0.3 is 0 Å². The molecular formula is C24H31N3O4. The third-order valence-electron chi connectivity index (χ3n) is 5.52. The van der Waals surface area contributed by atoms with E-state index in [0.717, 1.165) is 35.7 Å². The maximum absolute atomic E-state index is 13.3. The van der Waals surface area contributed by atoms with Gasteiger partial charge in [-0.3, -0.25) is 15.1 Å². The van der Waals surface area contributed by atoms with Crippen LogP contribution in [0.5, 0.6) is 17.2 Å². The van der Waals surface area contributed by atoms with E-state index in [1.165, 1.54) is 0 Å². The van der Waals surface area contributed by atoms with Crippen LogP contribution in [0, 0.1) is 0 Å². The van der Waals surface area contributed by atoms with Gasteiger partial charge in [-0.2, -0.15) is 0 Å². The lowest BCUT2D eigenvalue weighted by molar-refractivity contribution is -0.135. The molecule has 1 heterocycles. The lowest BCUT2D eigenvalue weighted by atomic mass is 10.0. The van der Waals surface area contributed by atoms with Gasteiger partial charge in [0.25, 0.3) is 5.91 Å². The van der Waals surface area contributed by atoms with Crippen molar-refractivity contribution in [2.24, 2.45) is 0 Å². The molecule has 31 heavy (non-hydrogen) atoms. The summed E-state index contributed by atoms with van der Waals surface area (Å²) in [5.41, 5.74) is 5.98. The maximum atomic E-state index is 13.3. The molecule has 0 aromatic heterocycles. The molecule has 0 fully saturated rings. The number of hydrogen-bond donors (Lipinski definition) is 1. The van der Waals surface area contributed by atoms with Gasteiger partial charge in [-0.1, -0.05) is 26.0 Å². The Balaban J connectivity index is 2.01. The van der Waals surface area contributed by atoms with Gasteiger partial charge < -0.3 is 14.2 Å². The minimum atomic E-state index is -0.342. The van der Waals surface area contributed by atoms with Crippen molar-refractivity contribution in [1.29, 1.82) is 0 Å². The van der Waals surface area contributed by atoms with E-state index in [0.29, 0.717) is 18.0 Å². The first-order valence-corrected chi connectivity index (χ1v) is 10.4. The molecule has 3 rings (SSSR count). The number of benzene rings is 2. The Morgan fingerprint density at radius 2 is 1.71 bits per heavy atom. The molecule has 1 aliphatic heterocycles. The van der Waals surface area contributed by atoms with Crippen LogP contribution in [0.15, 0.2) is 48.5 Å². The zero-order valence-corrected chi connectivity index (χ0v) is 18.8. The number of rotatable bonds is 9. The second kappa shape index (κ2) is 10.2. The molecule has 7 nitrogen and oxygen atoms in total. The van der Waals surface area contributed by atoms with E-state index in [1.807, 2.05) is 48.5 Å². The van der Waals surface area contributed by atoms with Crippen molar-refractivity contribution in [3.05, 3.63) is 59.7 Å². The number of amides is 1. The van der Waals surface area contributed by atoms with Crippen LogP contribution in [-0.4, -0.2) is 56.8 Å². The fourth-order valence-corrected chi connectivity index (χ4v) is 3.71.